The normalized spacial score (nSPS) is 12.5. The maximum absolute atomic E-state index is 12.1. The van der Waals surface area contributed by atoms with Crippen molar-refractivity contribution in [3.05, 3.63) is 40.6 Å². The molecule has 0 bridgehead atoms. The van der Waals surface area contributed by atoms with E-state index in [0.29, 0.717) is 11.3 Å². The summed E-state index contributed by atoms with van der Waals surface area (Å²) in [4.78, 5) is 12.1. The van der Waals surface area contributed by atoms with Crippen molar-refractivity contribution in [2.75, 3.05) is 7.11 Å². The zero-order chi connectivity index (χ0) is 17.3. The Morgan fingerprint density at radius 3 is 2.35 bits per heavy atom. The van der Waals surface area contributed by atoms with E-state index >= 15 is 0 Å². The molecule has 0 aromatic heterocycles. The minimum atomic E-state index is 0.00239. The van der Waals surface area contributed by atoms with Gasteiger partial charge in [-0.1, -0.05) is 32.0 Å². The van der Waals surface area contributed by atoms with Gasteiger partial charge in [0, 0.05) is 16.3 Å². The minimum absolute atomic E-state index is 0.00239. The number of hydrogen-bond donors (Lipinski definition) is 0. The van der Waals surface area contributed by atoms with Crippen LogP contribution in [0.2, 0.25) is 0 Å². The minimum Gasteiger partial charge on any atom is -0.496 e. The van der Waals surface area contributed by atoms with Crippen molar-refractivity contribution in [1.82, 2.24) is 0 Å². The topological polar surface area (TPSA) is 35.5 Å². The Balaban J connectivity index is 0.000000924. The Hall–Kier alpha value is -2.29. The van der Waals surface area contributed by atoms with Gasteiger partial charge in [0.1, 0.15) is 17.3 Å². The first kappa shape index (κ1) is 17.1. The van der Waals surface area contributed by atoms with E-state index in [1.165, 1.54) is 0 Å². The summed E-state index contributed by atoms with van der Waals surface area (Å²) < 4.78 is 11.5. The van der Waals surface area contributed by atoms with E-state index in [0.717, 1.165) is 39.0 Å². The fourth-order valence-electron chi connectivity index (χ4n) is 3.07. The molecule has 3 rings (SSSR count). The second kappa shape index (κ2) is 6.45. The van der Waals surface area contributed by atoms with E-state index in [2.05, 4.69) is 6.07 Å². The van der Waals surface area contributed by atoms with E-state index in [9.17, 15) is 4.79 Å². The summed E-state index contributed by atoms with van der Waals surface area (Å²) in [7, 11) is 1.59. The Morgan fingerprint density at radius 1 is 1.13 bits per heavy atom. The number of carbonyl (C=O) groups is 1. The van der Waals surface area contributed by atoms with E-state index in [-0.39, 0.29) is 5.78 Å². The molecule has 23 heavy (non-hydrogen) atoms. The van der Waals surface area contributed by atoms with E-state index in [1.54, 1.807) is 14.0 Å². The number of ketones is 1. The number of allylic oxidation sites excluding steroid dienone is 2. The summed E-state index contributed by atoms with van der Waals surface area (Å²) in [5.74, 6) is 2.29. The number of methoxy groups -OCH3 is 1. The molecule has 3 heteroatoms. The van der Waals surface area contributed by atoms with Gasteiger partial charge in [-0.25, -0.2) is 0 Å². The van der Waals surface area contributed by atoms with Crippen molar-refractivity contribution in [3.63, 3.8) is 0 Å². The van der Waals surface area contributed by atoms with Gasteiger partial charge in [-0.05, 0) is 38.8 Å². The molecule has 2 aromatic carbocycles. The summed E-state index contributed by atoms with van der Waals surface area (Å²) in [6.45, 7) is 11.5. The van der Waals surface area contributed by atoms with Gasteiger partial charge in [-0.2, -0.15) is 0 Å². The van der Waals surface area contributed by atoms with Crippen LogP contribution in [-0.2, 0) is 0 Å². The second-order valence-electron chi connectivity index (χ2n) is 5.43. The van der Waals surface area contributed by atoms with Crippen molar-refractivity contribution < 1.29 is 14.3 Å². The lowest BCUT2D eigenvalue weighted by Crippen LogP contribution is -2.09. The standard InChI is InChI=1S/C18H18O3.C2H6/c1-9-12(4)21-18-10(2)17(20-5)15(11(3)19)14-8-6-7-13(9)16(14)18;1-2/h6-8H,1-5H3;1-2H3. The molecule has 0 aliphatic carbocycles. The highest BCUT2D eigenvalue weighted by molar-refractivity contribution is 6.14. The third-order valence-electron chi connectivity index (χ3n) is 4.21. The molecule has 122 valence electrons. The van der Waals surface area contributed by atoms with Crippen LogP contribution < -0.4 is 9.47 Å². The molecule has 0 fully saturated rings. The molecule has 3 nitrogen and oxygen atoms in total. The molecular formula is C20H24O3. The van der Waals surface area contributed by atoms with Crippen molar-refractivity contribution >= 4 is 22.1 Å². The monoisotopic (exact) mass is 312 g/mol. The average molecular weight is 312 g/mol. The fraction of sp³-hybridized carbons (Fsp3) is 0.350. The number of benzene rings is 2. The van der Waals surface area contributed by atoms with Gasteiger partial charge in [-0.15, -0.1) is 0 Å². The lowest BCUT2D eigenvalue weighted by atomic mass is 9.89. The number of Topliss-reactive ketones (excluding diaryl/α,β-unsaturated/α-hetero) is 1. The highest BCUT2D eigenvalue weighted by atomic mass is 16.5. The predicted molar refractivity (Wildman–Crippen MR) is 95.5 cm³/mol. The molecular weight excluding hydrogens is 288 g/mol. The molecule has 0 unspecified atom stereocenters. The first-order chi connectivity index (χ1) is 11.0. The Kier molecular flexibility index (Phi) is 4.79. The first-order valence-corrected chi connectivity index (χ1v) is 7.97. The van der Waals surface area contributed by atoms with Gasteiger partial charge in [0.05, 0.1) is 12.7 Å². The molecule has 0 atom stereocenters. The van der Waals surface area contributed by atoms with Crippen LogP contribution in [0.3, 0.4) is 0 Å². The number of ether oxygens (including phenoxy) is 2. The third-order valence-corrected chi connectivity index (χ3v) is 4.21. The fourth-order valence-corrected chi connectivity index (χ4v) is 3.07. The Labute approximate surface area is 137 Å². The van der Waals surface area contributed by atoms with Gasteiger partial charge in [0.15, 0.2) is 5.78 Å². The van der Waals surface area contributed by atoms with Gasteiger partial charge >= 0.3 is 0 Å². The Bertz CT molecular complexity index is 813. The summed E-state index contributed by atoms with van der Waals surface area (Å²) in [6.07, 6.45) is 0. The summed E-state index contributed by atoms with van der Waals surface area (Å²) in [5, 5.41) is 1.90. The van der Waals surface area contributed by atoms with Crippen LogP contribution in [-0.4, -0.2) is 12.9 Å². The van der Waals surface area contributed by atoms with E-state index in [4.69, 9.17) is 9.47 Å². The van der Waals surface area contributed by atoms with Crippen LogP contribution in [0.25, 0.3) is 16.3 Å². The predicted octanol–water partition coefficient (Wildman–Crippen LogP) is 5.53. The van der Waals surface area contributed by atoms with Crippen LogP contribution in [0.4, 0.5) is 0 Å². The van der Waals surface area contributed by atoms with Crippen molar-refractivity contribution in [1.29, 1.82) is 0 Å². The van der Waals surface area contributed by atoms with Crippen LogP contribution in [0.5, 0.6) is 11.5 Å². The molecule has 0 amide bonds. The van der Waals surface area contributed by atoms with Gasteiger partial charge in [-0.3, -0.25) is 4.79 Å². The third kappa shape index (κ3) is 2.50. The highest BCUT2D eigenvalue weighted by Gasteiger charge is 2.26. The number of rotatable bonds is 2. The van der Waals surface area contributed by atoms with Crippen LogP contribution in [0.15, 0.2) is 24.0 Å². The van der Waals surface area contributed by atoms with Crippen molar-refractivity contribution in [2.45, 2.75) is 41.5 Å². The van der Waals surface area contributed by atoms with Crippen LogP contribution >= 0.6 is 0 Å². The quantitative estimate of drug-likeness (QED) is 0.684. The summed E-state index contributed by atoms with van der Waals surface area (Å²) >= 11 is 0. The van der Waals surface area contributed by atoms with E-state index < -0.39 is 0 Å². The average Bonchev–Trinajstić information content (AvgIpc) is 2.55. The smallest absolute Gasteiger partial charge is 0.164 e. The Morgan fingerprint density at radius 2 is 1.78 bits per heavy atom. The number of hydrogen-bond acceptors (Lipinski definition) is 3. The van der Waals surface area contributed by atoms with Crippen LogP contribution in [0.1, 0.15) is 56.1 Å². The molecule has 0 spiro atoms. The number of carbonyl (C=O) groups excluding carboxylic acids is 1. The van der Waals surface area contributed by atoms with Gasteiger partial charge in [0.25, 0.3) is 0 Å². The molecule has 0 saturated heterocycles. The first-order valence-electron chi connectivity index (χ1n) is 7.97. The molecule has 0 saturated carbocycles. The van der Waals surface area contributed by atoms with Gasteiger partial charge < -0.3 is 9.47 Å². The maximum atomic E-state index is 12.1. The SMILES string of the molecule is CC.COc1c(C)c2c3c(cccc3c1C(C)=O)C(C)=C(C)O2. The lowest BCUT2D eigenvalue weighted by molar-refractivity contribution is 0.101. The largest absolute Gasteiger partial charge is 0.496 e. The zero-order valence-electron chi connectivity index (χ0n) is 15.0. The lowest BCUT2D eigenvalue weighted by Gasteiger charge is -2.25. The highest BCUT2D eigenvalue weighted by Crippen LogP contribution is 2.47. The summed E-state index contributed by atoms with van der Waals surface area (Å²) in [6, 6.07) is 6.01. The molecule has 1 heterocycles. The molecule has 2 aromatic rings. The molecule has 0 radical (unpaired) electrons. The molecule has 0 N–H and O–H groups in total. The molecule has 1 aliphatic rings. The van der Waals surface area contributed by atoms with Crippen molar-refractivity contribution in [2.24, 2.45) is 0 Å². The second-order valence-corrected chi connectivity index (χ2v) is 5.43. The van der Waals surface area contributed by atoms with Crippen LogP contribution in [0, 0.1) is 6.92 Å². The van der Waals surface area contributed by atoms with Crippen molar-refractivity contribution in [3.8, 4) is 11.5 Å². The zero-order valence-corrected chi connectivity index (χ0v) is 15.0. The summed E-state index contributed by atoms with van der Waals surface area (Å²) in [5.41, 5.74) is 3.73. The molecule has 1 aliphatic heterocycles. The van der Waals surface area contributed by atoms with Gasteiger partial charge in [0.2, 0.25) is 0 Å². The van der Waals surface area contributed by atoms with E-state index in [1.807, 2.05) is 46.8 Å². The maximum Gasteiger partial charge on any atom is 0.164 e.